The average molecular weight is 324 g/mol. The standard InChI is InChI=1S/C17H16N4O3/c1-24-13-4-2-11(3-5-13)8-12-6-7-18-14(12)9-15(22)16(23)17-19-10-20-21-17/h2-7,10,18H,8-9H2,1H3,(H,19,20,21). The molecule has 0 amide bonds. The molecule has 0 saturated heterocycles. The highest BCUT2D eigenvalue weighted by Crippen LogP contribution is 2.17. The number of carbonyl (C=O) groups excluding carboxylic acids is 2. The first-order valence-electron chi connectivity index (χ1n) is 7.38. The van der Waals surface area contributed by atoms with E-state index in [0.29, 0.717) is 6.42 Å². The summed E-state index contributed by atoms with van der Waals surface area (Å²) in [5.74, 6) is -0.452. The molecule has 0 fully saturated rings. The highest BCUT2D eigenvalue weighted by molar-refractivity contribution is 6.43. The molecule has 0 aliphatic carbocycles. The second-order valence-corrected chi connectivity index (χ2v) is 5.27. The lowest BCUT2D eigenvalue weighted by molar-refractivity contribution is -0.114. The molecular weight excluding hydrogens is 308 g/mol. The van der Waals surface area contributed by atoms with Crippen LogP contribution in [0.1, 0.15) is 27.4 Å². The normalized spacial score (nSPS) is 10.5. The third-order valence-electron chi connectivity index (χ3n) is 3.70. The Kier molecular flexibility index (Phi) is 4.51. The Morgan fingerprint density at radius 3 is 2.62 bits per heavy atom. The minimum atomic E-state index is -0.669. The van der Waals surface area contributed by atoms with E-state index in [-0.39, 0.29) is 12.2 Å². The van der Waals surface area contributed by atoms with Crippen LogP contribution in [0, 0.1) is 0 Å². The minimum Gasteiger partial charge on any atom is -0.497 e. The monoisotopic (exact) mass is 324 g/mol. The van der Waals surface area contributed by atoms with E-state index in [1.54, 1.807) is 13.3 Å². The van der Waals surface area contributed by atoms with Crippen molar-refractivity contribution in [1.29, 1.82) is 0 Å². The van der Waals surface area contributed by atoms with Gasteiger partial charge in [0.2, 0.25) is 5.78 Å². The van der Waals surface area contributed by atoms with Crippen molar-refractivity contribution in [2.24, 2.45) is 0 Å². The Balaban J connectivity index is 1.70. The second kappa shape index (κ2) is 6.91. The van der Waals surface area contributed by atoms with Gasteiger partial charge in [-0.3, -0.25) is 14.7 Å². The lowest BCUT2D eigenvalue weighted by Gasteiger charge is -2.05. The third-order valence-corrected chi connectivity index (χ3v) is 3.70. The molecule has 2 heterocycles. The number of nitrogens with one attached hydrogen (secondary N) is 2. The Bertz CT molecular complexity index is 835. The van der Waals surface area contributed by atoms with Crippen LogP contribution in [0.5, 0.6) is 5.75 Å². The van der Waals surface area contributed by atoms with Gasteiger partial charge in [-0.1, -0.05) is 12.1 Å². The molecule has 2 N–H and O–H groups in total. The van der Waals surface area contributed by atoms with Crippen molar-refractivity contribution in [3.63, 3.8) is 0 Å². The van der Waals surface area contributed by atoms with Gasteiger partial charge in [-0.25, -0.2) is 4.98 Å². The van der Waals surface area contributed by atoms with E-state index in [1.807, 2.05) is 30.3 Å². The summed E-state index contributed by atoms with van der Waals surface area (Å²) >= 11 is 0. The smallest absolute Gasteiger partial charge is 0.265 e. The Morgan fingerprint density at radius 1 is 1.17 bits per heavy atom. The van der Waals surface area contributed by atoms with Gasteiger partial charge < -0.3 is 9.72 Å². The van der Waals surface area contributed by atoms with Crippen LogP contribution in [0.25, 0.3) is 0 Å². The molecule has 3 aromatic rings. The van der Waals surface area contributed by atoms with Gasteiger partial charge in [-0.2, -0.15) is 5.10 Å². The van der Waals surface area contributed by atoms with Gasteiger partial charge in [0.05, 0.1) is 13.5 Å². The number of ether oxygens (including phenoxy) is 1. The zero-order valence-electron chi connectivity index (χ0n) is 13.1. The molecule has 1 aromatic carbocycles. The van der Waals surface area contributed by atoms with Crippen LogP contribution in [0.3, 0.4) is 0 Å². The molecule has 0 unspecified atom stereocenters. The molecule has 0 aliphatic heterocycles. The molecule has 2 aromatic heterocycles. The first-order chi connectivity index (χ1) is 11.7. The molecular formula is C17H16N4O3. The number of aromatic nitrogens is 4. The average Bonchev–Trinajstić information content (AvgIpc) is 3.27. The van der Waals surface area contributed by atoms with E-state index in [2.05, 4.69) is 20.2 Å². The van der Waals surface area contributed by atoms with Gasteiger partial charge in [0.25, 0.3) is 5.78 Å². The quantitative estimate of drug-likeness (QED) is 0.509. The first kappa shape index (κ1) is 15.7. The van der Waals surface area contributed by atoms with Crippen LogP contribution in [-0.2, 0) is 17.6 Å². The first-order valence-corrected chi connectivity index (χ1v) is 7.38. The minimum absolute atomic E-state index is 0.00196. The topological polar surface area (TPSA) is 101 Å². The molecule has 0 radical (unpaired) electrons. The van der Waals surface area contributed by atoms with E-state index in [9.17, 15) is 9.59 Å². The van der Waals surface area contributed by atoms with E-state index in [1.165, 1.54) is 6.33 Å². The second-order valence-electron chi connectivity index (χ2n) is 5.27. The lowest BCUT2D eigenvalue weighted by atomic mass is 10.0. The summed E-state index contributed by atoms with van der Waals surface area (Å²) in [7, 11) is 1.62. The molecule has 7 nitrogen and oxygen atoms in total. The number of H-pyrrole nitrogens is 2. The number of benzene rings is 1. The van der Waals surface area contributed by atoms with Gasteiger partial charge in [-0.15, -0.1) is 0 Å². The molecule has 0 bridgehead atoms. The maximum absolute atomic E-state index is 12.1. The molecule has 0 spiro atoms. The predicted octanol–water partition coefficient (Wildman–Crippen LogP) is 1.73. The fourth-order valence-corrected chi connectivity index (χ4v) is 2.42. The van der Waals surface area contributed by atoms with Gasteiger partial charge >= 0.3 is 0 Å². The molecule has 0 saturated carbocycles. The fraction of sp³-hybridized carbons (Fsp3) is 0.176. The summed E-state index contributed by atoms with van der Waals surface area (Å²) in [5.41, 5.74) is 2.79. The summed E-state index contributed by atoms with van der Waals surface area (Å²) in [6, 6.07) is 9.63. The molecule has 24 heavy (non-hydrogen) atoms. The molecule has 0 atom stereocenters. The number of rotatable bonds is 7. The predicted molar refractivity (Wildman–Crippen MR) is 86.0 cm³/mol. The van der Waals surface area contributed by atoms with Crippen LogP contribution in [0.4, 0.5) is 0 Å². The third kappa shape index (κ3) is 3.40. The number of aromatic amines is 2. The van der Waals surface area contributed by atoms with Crippen LogP contribution in [0.2, 0.25) is 0 Å². The zero-order valence-corrected chi connectivity index (χ0v) is 13.1. The van der Waals surface area contributed by atoms with Gasteiger partial charge in [-0.05, 0) is 35.7 Å². The van der Waals surface area contributed by atoms with Crippen LogP contribution in [-0.4, -0.2) is 38.8 Å². The van der Waals surface area contributed by atoms with Crippen molar-refractivity contribution < 1.29 is 14.3 Å². The van der Waals surface area contributed by atoms with Crippen molar-refractivity contribution in [3.05, 3.63) is 65.5 Å². The molecule has 122 valence electrons. The zero-order chi connectivity index (χ0) is 16.9. The van der Waals surface area contributed by atoms with Crippen molar-refractivity contribution >= 4 is 11.6 Å². The summed E-state index contributed by atoms with van der Waals surface area (Å²) in [6.07, 6.45) is 3.62. The van der Waals surface area contributed by atoms with Crippen LogP contribution in [0.15, 0.2) is 42.9 Å². The molecule has 3 rings (SSSR count). The molecule has 7 heteroatoms. The van der Waals surface area contributed by atoms with E-state index >= 15 is 0 Å². The summed E-state index contributed by atoms with van der Waals surface area (Å²) in [4.78, 5) is 30.8. The highest BCUT2D eigenvalue weighted by atomic mass is 16.5. The van der Waals surface area contributed by atoms with Crippen molar-refractivity contribution in [2.45, 2.75) is 12.8 Å². The number of Topliss-reactive ketones (excluding diaryl/α,β-unsaturated/α-hetero) is 2. The van der Waals surface area contributed by atoms with Crippen molar-refractivity contribution in [2.75, 3.05) is 7.11 Å². The van der Waals surface area contributed by atoms with Crippen LogP contribution >= 0.6 is 0 Å². The summed E-state index contributed by atoms with van der Waals surface area (Å²) in [5, 5.41) is 5.99. The molecule has 0 aliphatic rings. The van der Waals surface area contributed by atoms with Crippen molar-refractivity contribution in [3.8, 4) is 5.75 Å². The van der Waals surface area contributed by atoms with E-state index < -0.39 is 11.6 Å². The summed E-state index contributed by atoms with van der Waals surface area (Å²) in [6.45, 7) is 0. The SMILES string of the molecule is COc1ccc(Cc2cc[nH]c2CC(=O)C(=O)c2ncn[nH]2)cc1. The number of methoxy groups -OCH3 is 1. The van der Waals surface area contributed by atoms with Crippen molar-refractivity contribution in [1.82, 2.24) is 20.2 Å². The van der Waals surface area contributed by atoms with Gasteiger partial charge in [0.1, 0.15) is 12.1 Å². The van der Waals surface area contributed by atoms with E-state index in [4.69, 9.17) is 4.74 Å². The van der Waals surface area contributed by atoms with E-state index in [0.717, 1.165) is 22.6 Å². The van der Waals surface area contributed by atoms with Gasteiger partial charge in [0.15, 0.2) is 5.82 Å². The number of nitrogens with zero attached hydrogens (tertiary/aromatic N) is 2. The van der Waals surface area contributed by atoms with Gasteiger partial charge in [0, 0.05) is 11.9 Å². The largest absolute Gasteiger partial charge is 0.497 e. The maximum atomic E-state index is 12.1. The highest BCUT2D eigenvalue weighted by Gasteiger charge is 2.21. The number of carbonyl (C=O) groups is 2. The lowest BCUT2D eigenvalue weighted by Crippen LogP contribution is -2.19. The number of hydrogen-bond acceptors (Lipinski definition) is 5. The maximum Gasteiger partial charge on any atom is 0.265 e. The Morgan fingerprint density at radius 2 is 1.96 bits per heavy atom. The van der Waals surface area contributed by atoms with Crippen LogP contribution < -0.4 is 4.74 Å². The number of ketones is 2. The number of hydrogen-bond donors (Lipinski definition) is 2. The fourth-order valence-electron chi connectivity index (χ4n) is 2.42. The Hall–Kier alpha value is -3.22. The Labute approximate surface area is 138 Å². The summed E-state index contributed by atoms with van der Waals surface area (Å²) < 4.78 is 5.14.